The van der Waals surface area contributed by atoms with Gasteiger partial charge in [0.15, 0.2) is 5.17 Å². The number of nitrogens with zero attached hydrogens (tertiary/aromatic N) is 2. The smallest absolute Gasteiger partial charge is 0.264 e. The molecule has 4 rings (SSSR count). The molecule has 3 aromatic rings. The van der Waals surface area contributed by atoms with Crippen molar-refractivity contribution in [3.8, 4) is 5.75 Å². The van der Waals surface area contributed by atoms with E-state index in [1.807, 2.05) is 55.5 Å². The highest BCUT2D eigenvalue weighted by atomic mass is 32.2. The van der Waals surface area contributed by atoms with E-state index in [-0.39, 0.29) is 5.91 Å². The quantitative estimate of drug-likeness (QED) is 0.459. The van der Waals surface area contributed by atoms with Crippen LogP contribution in [0.1, 0.15) is 12.5 Å². The third kappa shape index (κ3) is 4.12. The van der Waals surface area contributed by atoms with Crippen LogP contribution >= 0.6 is 11.8 Å². The summed E-state index contributed by atoms with van der Waals surface area (Å²) in [6, 6.07) is 15.6. The maximum Gasteiger partial charge on any atom is 0.264 e. The molecule has 0 bridgehead atoms. The number of amidine groups is 1. The van der Waals surface area contributed by atoms with Crippen molar-refractivity contribution < 1.29 is 9.53 Å². The van der Waals surface area contributed by atoms with Crippen LogP contribution in [-0.4, -0.2) is 22.2 Å². The SMILES string of the molecule is C=CCn1cc(/C=C2/SC(=Nc3ccc(OCC)cc3)NC2=O)c2ccccc21. The van der Waals surface area contributed by atoms with Crippen LogP contribution in [0.15, 0.2) is 77.3 Å². The third-order valence-electron chi connectivity index (χ3n) is 4.46. The summed E-state index contributed by atoms with van der Waals surface area (Å²) in [6.07, 6.45) is 5.83. The molecule has 5 nitrogen and oxygen atoms in total. The summed E-state index contributed by atoms with van der Waals surface area (Å²) >= 11 is 1.34. The third-order valence-corrected chi connectivity index (χ3v) is 5.37. The summed E-state index contributed by atoms with van der Waals surface area (Å²) in [7, 11) is 0. The Balaban J connectivity index is 1.60. The minimum Gasteiger partial charge on any atom is -0.494 e. The molecule has 1 aliphatic rings. The largest absolute Gasteiger partial charge is 0.494 e. The van der Waals surface area contributed by atoms with E-state index < -0.39 is 0 Å². The number of carbonyl (C=O) groups excluding carboxylic acids is 1. The molecule has 1 aromatic heterocycles. The summed E-state index contributed by atoms with van der Waals surface area (Å²) in [4.78, 5) is 17.6. The zero-order valence-electron chi connectivity index (χ0n) is 16.1. The minimum absolute atomic E-state index is 0.139. The molecule has 2 heterocycles. The Morgan fingerprint density at radius 3 is 2.76 bits per heavy atom. The van der Waals surface area contributed by atoms with Crippen LogP contribution in [0.3, 0.4) is 0 Å². The molecular formula is C23H21N3O2S. The van der Waals surface area contributed by atoms with Gasteiger partial charge in [0, 0.05) is 29.2 Å². The maximum atomic E-state index is 12.5. The fourth-order valence-corrected chi connectivity index (χ4v) is 4.04. The molecule has 0 atom stereocenters. The van der Waals surface area contributed by atoms with Gasteiger partial charge in [-0.05, 0) is 55.1 Å². The van der Waals surface area contributed by atoms with Crippen molar-refractivity contribution in [2.75, 3.05) is 6.61 Å². The molecule has 0 radical (unpaired) electrons. The summed E-state index contributed by atoms with van der Waals surface area (Å²) < 4.78 is 7.57. The monoisotopic (exact) mass is 403 g/mol. The molecule has 1 amide bonds. The number of carbonyl (C=O) groups is 1. The van der Waals surface area contributed by atoms with Crippen LogP contribution < -0.4 is 10.1 Å². The van der Waals surface area contributed by atoms with E-state index in [0.717, 1.165) is 27.9 Å². The van der Waals surface area contributed by atoms with Gasteiger partial charge in [-0.3, -0.25) is 4.79 Å². The lowest BCUT2D eigenvalue weighted by Crippen LogP contribution is -2.19. The van der Waals surface area contributed by atoms with Gasteiger partial charge in [-0.1, -0.05) is 24.3 Å². The normalized spacial score (nSPS) is 16.5. The number of ether oxygens (including phenoxy) is 1. The van der Waals surface area contributed by atoms with E-state index in [2.05, 4.69) is 39.8 Å². The van der Waals surface area contributed by atoms with E-state index in [1.54, 1.807) is 0 Å². The number of rotatable bonds is 6. The predicted molar refractivity (Wildman–Crippen MR) is 121 cm³/mol. The number of fused-ring (bicyclic) bond motifs is 1. The summed E-state index contributed by atoms with van der Waals surface area (Å²) in [5.41, 5.74) is 2.88. The fraction of sp³-hybridized carbons (Fsp3) is 0.130. The van der Waals surface area contributed by atoms with Crippen molar-refractivity contribution in [2.24, 2.45) is 4.99 Å². The van der Waals surface area contributed by atoms with Gasteiger partial charge in [-0.25, -0.2) is 4.99 Å². The number of thioether (sulfide) groups is 1. The highest BCUT2D eigenvalue weighted by molar-refractivity contribution is 8.18. The minimum atomic E-state index is -0.139. The van der Waals surface area contributed by atoms with Gasteiger partial charge in [-0.2, -0.15) is 0 Å². The maximum absolute atomic E-state index is 12.5. The van der Waals surface area contributed by atoms with E-state index >= 15 is 0 Å². The van der Waals surface area contributed by atoms with Crippen molar-refractivity contribution >= 4 is 45.5 Å². The molecule has 1 aliphatic heterocycles. The Labute approximate surface area is 173 Å². The Kier molecular flexibility index (Phi) is 5.53. The van der Waals surface area contributed by atoms with Crippen LogP contribution in [0.25, 0.3) is 17.0 Å². The molecule has 6 heteroatoms. The molecule has 29 heavy (non-hydrogen) atoms. The fourth-order valence-electron chi connectivity index (χ4n) is 3.20. The van der Waals surface area contributed by atoms with Crippen molar-refractivity contribution in [3.05, 3.63) is 77.9 Å². The molecule has 0 aliphatic carbocycles. The average Bonchev–Trinajstić information content (AvgIpc) is 3.25. The van der Waals surface area contributed by atoms with Crippen LogP contribution in [0.2, 0.25) is 0 Å². The Morgan fingerprint density at radius 1 is 1.21 bits per heavy atom. The summed E-state index contributed by atoms with van der Waals surface area (Å²) in [6.45, 7) is 7.11. The van der Waals surface area contributed by atoms with E-state index in [0.29, 0.717) is 23.2 Å². The van der Waals surface area contributed by atoms with Crippen molar-refractivity contribution in [1.82, 2.24) is 9.88 Å². The van der Waals surface area contributed by atoms with Gasteiger partial charge in [0.05, 0.1) is 17.2 Å². The number of aromatic nitrogens is 1. The van der Waals surface area contributed by atoms with Gasteiger partial charge in [0.2, 0.25) is 0 Å². The molecule has 0 saturated carbocycles. The summed E-state index contributed by atoms with van der Waals surface area (Å²) in [5.74, 6) is 0.663. The first kappa shape index (κ1) is 19.1. The number of aliphatic imine (C=N–C) groups is 1. The van der Waals surface area contributed by atoms with Gasteiger partial charge in [0.1, 0.15) is 5.75 Å². The zero-order valence-corrected chi connectivity index (χ0v) is 16.9. The number of para-hydroxylation sites is 1. The highest BCUT2D eigenvalue weighted by Gasteiger charge is 2.24. The molecule has 146 valence electrons. The number of hydrogen-bond acceptors (Lipinski definition) is 4. The van der Waals surface area contributed by atoms with Crippen molar-refractivity contribution in [2.45, 2.75) is 13.5 Å². The van der Waals surface area contributed by atoms with Crippen LogP contribution in [0.5, 0.6) is 5.75 Å². The topological polar surface area (TPSA) is 55.6 Å². The van der Waals surface area contributed by atoms with Gasteiger partial charge >= 0.3 is 0 Å². The molecule has 1 saturated heterocycles. The molecule has 0 unspecified atom stereocenters. The second-order valence-electron chi connectivity index (χ2n) is 6.45. The molecule has 2 aromatic carbocycles. The number of hydrogen-bond donors (Lipinski definition) is 1. The molecule has 1 fully saturated rings. The lowest BCUT2D eigenvalue weighted by Gasteiger charge is -2.02. The molecule has 1 N–H and O–H groups in total. The first-order valence-corrected chi connectivity index (χ1v) is 10.2. The van der Waals surface area contributed by atoms with Crippen molar-refractivity contribution in [1.29, 1.82) is 0 Å². The molecular weight excluding hydrogens is 382 g/mol. The number of nitrogens with one attached hydrogen (secondary N) is 1. The lowest BCUT2D eigenvalue weighted by atomic mass is 10.1. The first-order valence-electron chi connectivity index (χ1n) is 9.39. The zero-order chi connectivity index (χ0) is 20.2. The average molecular weight is 404 g/mol. The Morgan fingerprint density at radius 2 is 2.00 bits per heavy atom. The van der Waals surface area contributed by atoms with Gasteiger partial charge in [-0.15, -0.1) is 6.58 Å². The Bertz CT molecular complexity index is 1130. The van der Waals surface area contributed by atoms with Gasteiger partial charge < -0.3 is 14.6 Å². The number of amides is 1. The highest BCUT2D eigenvalue weighted by Crippen LogP contribution is 2.31. The van der Waals surface area contributed by atoms with Crippen LogP contribution in [-0.2, 0) is 11.3 Å². The molecule has 0 spiro atoms. The second-order valence-corrected chi connectivity index (χ2v) is 7.48. The predicted octanol–water partition coefficient (Wildman–Crippen LogP) is 5.12. The van der Waals surface area contributed by atoms with E-state index in [4.69, 9.17) is 4.74 Å². The van der Waals surface area contributed by atoms with E-state index in [9.17, 15) is 4.79 Å². The van der Waals surface area contributed by atoms with Crippen LogP contribution in [0, 0.1) is 0 Å². The Hall–Kier alpha value is -3.25. The summed E-state index contributed by atoms with van der Waals surface area (Å²) in [5, 5.41) is 4.52. The number of allylic oxidation sites excluding steroid dienone is 1. The first-order chi connectivity index (χ1) is 14.2. The van der Waals surface area contributed by atoms with Crippen molar-refractivity contribution in [3.63, 3.8) is 0 Å². The van der Waals surface area contributed by atoms with Gasteiger partial charge in [0.25, 0.3) is 5.91 Å². The second kappa shape index (κ2) is 8.41. The number of benzene rings is 2. The lowest BCUT2D eigenvalue weighted by molar-refractivity contribution is -0.115. The van der Waals surface area contributed by atoms with E-state index in [1.165, 1.54) is 11.8 Å². The standard InChI is InChI=1S/C23H21N3O2S/c1-3-13-26-15-16(19-7-5-6-8-20(19)26)14-21-22(27)25-23(29-21)24-17-9-11-18(12-10-17)28-4-2/h3,5-12,14-15H,1,4,13H2,2H3,(H,24,25,27)/b21-14+. The van der Waals surface area contributed by atoms with Crippen LogP contribution in [0.4, 0.5) is 5.69 Å².